The Morgan fingerprint density at radius 1 is 0.875 bits per heavy atom. The Bertz CT molecular complexity index is 1930. The van der Waals surface area contributed by atoms with Gasteiger partial charge in [-0.3, -0.25) is 4.98 Å². The fourth-order valence-corrected chi connectivity index (χ4v) is 6.33. The molecule has 5 heterocycles. The lowest BCUT2D eigenvalue weighted by atomic mass is 9.86. The van der Waals surface area contributed by atoms with Gasteiger partial charge in [-0.15, -0.1) is 10.2 Å². The molecule has 1 saturated heterocycles. The second-order valence-electron chi connectivity index (χ2n) is 10.6. The molecule has 4 aromatic heterocycles. The summed E-state index contributed by atoms with van der Waals surface area (Å²) in [7, 11) is 3.62. The van der Waals surface area contributed by atoms with Gasteiger partial charge in [0.15, 0.2) is 0 Å². The van der Waals surface area contributed by atoms with Gasteiger partial charge in [0, 0.05) is 54.1 Å². The molecule has 9 nitrogen and oxygen atoms in total. The van der Waals surface area contributed by atoms with E-state index < -0.39 is 6.85 Å². The maximum Gasteiger partial charge on any atom is 0.0960 e. The van der Waals surface area contributed by atoms with Crippen LogP contribution in [-0.2, 0) is 18.8 Å². The first-order chi connectivity index (χ1) is 20.7. The number of hydrogen-bond acceptors (Lipinski definition) is 6. The highest BCUT2D eigenvalue weighted by Gasteiger charge is 2.30. The molecule has 7 rings (SSSR count). The molecule has 1 fully saturated rings. The Balaban J connectivity index is 1.56. The second-order valence-corrected chi connectivity index (χ2v) is 10.6. The Kier molecular flexibility index (Phi) is 5.19. The van der Waals surface area contributed by atoms with Gasteiger partial charge in [-0.25, -0.2) is 9.36 Å². The summed E-state index contributed by atoms with van der Waals surface area (Å²) in [5.74, 6) is 0.318. The number of aromatic nitrogens is 8. The van der Waals surface area contributed by atoms with Crippen LogP contribution in [0, 0.1) is 19.7 Å². The smallest absolute Gasteiger partial charge is 0.0960 e. The van der Waals surface area contributed by atoms with E-state index in [1.165, 1.54) is 10.2 Å². The van der Waals surface area contributed by atoms with E-state index in [2.05, 4.69) is 61.6 Å². The minimum Gasteiger partial charge on any atom is -0.381 e. The normalized spacial score (nSPS) is 16.7. The third-order valence-electron chi connectivity index (χ3n) is 8.14. The molecule has 202 valence electrons. The SMILES string of the molecule is [2H]C([2H])([2H])c1nnn(C)c1-c1ccc2c3ncc(-c4c(C)nnn4C)cc3n([C@H](c3ccccc3)C3CCOCC3)c2c1. The quantitative estimate of drug-likeness (QED) is 0.293. The fourth-order valence-electron chi connectivity index (χ4n) is 6.33. The van der Waals surface area contributed by atoms with Crippen LogP contribution in [0.25, 0.3) is 44.5 Å². The number of rotatable bonds is 5. The second kappa shape index (κ2) is 9.67. The van der Waals surface area contributed by atoms with Crippen molar-refractivity contribution in [1.82, 2.24) is 39.5 Å². The van der Waals surface area contributed by atoms with Crippen LogP contribution in [0.4, 0.5) is 0 Å². The summed E-state index contributed by atoms with van der Waals surface area (Å²) >= 11 is 0. The topological polar surface area (TPSA) is 88.5 Å². The summed E-state index contributed by atoms with van der Waals surface area (Å²) in [5.41, 5.74) is 7.92. The van der Waals surface area contributed by atoms with Crippen LogP contribution in [0.2, 0.25) is 0 Å². The predicted molar refractivity (Wildman–Crippen MR) is 155 cm³/mol. The van der Waals surface area contributed by atoms with Crippen LogP contribution in [0.3, 0.4) is 0 Å². The summed E-state index contributed by atoms with van der Waals surface area (Å²) < 4.78 is 35.8. The Morgan fingerprint density at radius 3 is 2.27 bits per heavy atom. The highest BCUT2D eigenvalue weighted by molar-refractivity contribution is 6.07. The molecule has 0 N–H and O–H groups in total. The number of ether oxygens (including phenoxy) is 1. The zero-order valence-corrected chi connectivity index (χ0v) is 22.7. The van der Waals surface area contributed by atoms with E-state index >= 15 is 0 Å². The maximum atomic E-state index is 8.09. The molecule has 0 radical (unpaired) electrons. The van der Waals surface area contributed by atoms with Crippen LogP contribution >= 0.6 is 0 Å². The Hall–Kier alpha value is -4.37. The van der Waals surface area contributed by atoms with Gasteiger partial charge in [-0.2, -0.15) is 0 Å². The molecule has 40 heavy (non-hydrogen) atoms. The summed E-state index contributed by atoms with van der Waals surface area (Å²) in [6, 6.07) is 18.8. The molecule has 9 heteroatoms. The van der Waals surface area contributed by atoms with Gasteiger partial charge >= 0.3 is 0 Å². The van der Waals surface area contributed by atoms with Gasteiger partial charge in [-0.05, 0) is 56.3 Å². The van der Waals surface area contributed by atoms with E-state index in [1.807, 2.05) is 38.4 Å². The molecular weight excluding hydrogens is 500 g/mol. The number of hydrogen-bond donors (Lipinski definition) is 0. The lowest BCUT2D eigenvalue weighted by Crippen LogP contribution is -2.26. The Morgan fingerprint density at radius 2 is 1.57 bits per heavy atom. The van der Waals surface area contributed by atoms with Gasteiger partial charge in [0.25, 0.3) is 0 Å². The number of nitrogens with zero attached hydrogens (tertiary/aromatic N) is 8. The fraction of sp³-hybridized carbons (Fsp3) is 0.323. The average molecular weight is 536 g/mol. The largest absolute Gasteiger partial charge is 0.381 e. The molecule has 0 saturated carbocycles. The number of pyridine rings is 1. The summed E-state index contributed by atoms with van der Waals surface area (Å²) in [4.78, 5) is 5.02. The van der Waals surface area contributed by atoms with E-state index in [0.29, 0.717) is 24.8 Å². The lowest BCUT2D eigenvalue weighted by Gasteiger charge is -2.33. The van der Waals surface area contributed by atoms with Gasteiger partial charge in [0.2, 0.25) is 0 Å². The first-order valence-corrected chi connectivity index (χ1v) is 13.6. The summed E-state index contributed by atoms with van der Waals surface area (Å²) in [6.45, 7) is 0.976. The minimum atomic E-state index is -2.40. The highest BCUT2D eigenvalue weighted by atomic mass is 16.5. The van der Waals surface area contributed by atoms with Crippen molar-refractivity contribution in [3.05, 3.63) is 77.7 Å². The summed E-state index contributed by atoms with van der Waals surface area (Å²) in [5, 5.41) is 17.6. The molecule has 0 aliphatic carbocycles. The maximum absolute atomic E-state index is 8.09. The molecule has 1 atom stereocenters. The third-order valence-corrected chi connectivity index (χ3v) is 8.14. The van der Waals surface area contributed by atoms with Gasteiger partial charge in [0.1, 0.15) is 0 Å². The molecule has 0 bridgehead atoms. The zero-order valence-electron chi connectivity index (χ0n) is 25.7. The van der Waals surface area contributed by atoms with Crippen LogP contribution in [0.15, 0.2) is 60.8 Å². The molecule has 0 amide bonds. The number of fused-ring (bicyclic) bond motifs is 3. The van der Waals surface area contributed by atoms with Crippen molar-refractivity contribution >= 4 is 21.9 Å². The minimum absolute atomic E-state index is 0.00471. The van der Waals surface area contributed by atoms with Gasteiger partial charge in [0.05, 0.1) is 45.4 Å². The van der Waals surface area contributed by atoms with Crippen molar-refractivity contribution in [2.45, 2.75) is 32.7 Å². The Labute approximate surface area is 236 Å². The van der Waals surface area contributed by atoms with Crippen LogP contribution < -0.4 is 0 Å². The monoisotopic (exact) mass is 535 g/mol. The first-order valence-electron chi connectivity index (χ1n) is 15.1. The van der Waals surface area contributed by atoms with E-state index in [-0.39, 0.29) is 11.7 Å². The van der Waals surface area contributed by atoms with Gasteiger partial charge in [-0.1, -0.05) is 46.8 Å². The van der Waals surface area contributed by atoms with E-state index in [0.717, 1.165) is 57.3 Å². The predicted octanol–water partition coefficient (Wildman–Crippen LogP) is 5.41. The van der Waals surface area contributed by atoms with Crippen LogP contribution in [0.5, 0.6) is 0 Å². The molecule has 0 unspecified atom stereocenters. The van der Waals surface area contributed by atoms with Crippen LogP contribution in [-0.4, -0.2) is 52.8 Å². The molecule has 1 aliphatic rings. The highest BCUT2D eigenvalue weighted by Crippen LogP contribution is 2.42. The first kappa shape index (κ1) is 21.5. The van der Waals surface area contributed by atoms with Crippen molar-refractivity contribution in [3.8, 4) is 22.5 Å². The average Bonchev–Trinajstić information content (AvgIpc) is 3.66. The van der Waals surface area contributed by atoms with Crippen LogP contribution in [0.1, 0.15) is 39.9 Å². The van der Waals surface area contributed by atoms with Crippen molar-refractivity contribution in [3.63, 3.8) is 0 Å². The molecular formula is C31H32N8O. The molecule has 0 spiro atoms. The van der Waals surface area contributed by atoms with Crippen molar-refractivity contribution in [2.24, 2.45) is 20.0 Å². The third kappa shape index (κ3) is 3.92. The number of benzene rings is 2. The number of aryl methyl sites for hydroxylation is 4. The molecule has 1 aliphatic heterocycles. The molecule has 6 aromatic rings. The lowest BCUT2D eigenvalue weighted by molar-refractivity contribution is 0.0553. The van der Waals surface area contributed by atoms with Crippen molar-refractivity contribution < 1.29 is 8.85 Å². The molecule has 2 aromatic carbocycles. The van der Waals surface area contributed by atoms with E-state index in [9.17, 15) is 0 Å². The van der Waals surface area contributed by atoms with E-state index in [1.54, 1.807) is 11.7 Å². The summed E-state index contributed by atoms with van der Waals surface area (Å²) in [6.07, 6.45) is 3.73. The van der Waals surface area contributed by atoms with E-state index in [4.69, 9.17) is 13.8 Å². The van der Waals surface area contributed by atoms with Crippen molar-refractivity contribution in [1.29, 1.82) is 0 Å². The zero-order chi connectivity index (χ0) is 29.9. The standard InChI is InChI=1S/C31H32N8O/c1-19-29(37(3)35-33-19)23-10-11-25-26(16-23)39(31(21-8-6-5-7-9-21)22-12-14-40-15-13-22)27-17-24(18-32-28(25)27)30-20(2)34-36-38(30)4/h5-11,16-18,22,31H,12-15H2,1-4H3/t31-/m1/s1/i1D3. The van der Waals surface area contributed by atoms with Crippen molar-refractivity contribution in [2.75, 3.05) is 13.2 Å². The van der Waals surface area contributed by atoms with Gasteiger partial charge < -0.3 is 9.30 Å².